The number of carbonyl (C=O) groups is 1. The van der Waals surface area contributed by atoms with E-state index in [-0.39, 0.29) is 6.03 Å². The second kappa shape index (κ2) is 4.77. The third kappa shape index (κ3) is 1.74. The Morgan fingerprint density at radius 3 is 2.41 bits per heavy atom. The van der Waals surface area contributed by atoms with Crippen molar-refractivity contribution in [3.63, 3.8) is 0 Å². The van der Waals surface area contributed by atoms with Gasteiger partial charge in [-0.15, -0.1) is 0 Å². The molecule has 0 unspecified atom stereocenters. The Hall–Kier alpha value is -3.01. The van der Waals surface area contributed by atoms with Crippen LogP contribution in [0.25, 0.3) is 0 Å². The lowest BCUT2D eigenvalue weighted by molar-refractivity contribution is -0.326. The minimum atomic E-state index is -0.0532. The zero-order chi connectivity index (χ0) is 15.1. The molecular formula is C18H14N3O+. The number of benzene rings is 1. The Morgan fingerprint density at radius 2 is 1.68 bits per heavy atom. The third-order valence-corrected chi connectivity index (χ3v) is 3.89. The van der Waals surface area contributed by atoms with E-state index < -0.39 is 0 Å². The molecule has 4 nitrogen and oxygen atoms in total. The molecule has 1 aliphatic rings. The van der Waals surface area contributed by atoms with Gasteiger partial charge in [-0.1, -0.05) is 30.3 Å². The molecule has 22 heavy (non-hydrogen) atoms. The zero-order valence-corrected chi connectivity index (χ0v) is 12.1. The Bertz CT molecular complexity index is 893. The van der Waals surface area contributed by atoms with Gasteiger partial charge >= 0.3 is 6.03 Å². The van der Waals surface area contributed by atoms with Crippen LogP contribution in [0.2, 0.25) is 0 Å². The highest BCUT2D eigenvalue weighted by Gasteiger charge is 2.40. The fraction of sp³-hybridized carbons (Fsp3) is 0.0556. The summed E-state index contributed by atoms with van der Waals surface area (Å²) >= 11 is 0. The van der Waals surface area contributed by atoms with Crippen molar-refractivity contribution < 1.29 is 9.37 Å². The van der Waals surface area contributed by atoms with Gasteiger partial charge in [0.2, 0.25) is 0 Å². The third-order valence-electron chi connectivity index (χ3n) is 3.89. The molecular weight excluding hydrogens is 274 g/mol. The first kappa shape index (κ1) is 12.7. The van der Waals surface area contributed by atoms with Gasteiger partial charge in [0.05, 0.1) is 0 Å². The van der Waals surface area contributed by atoms with E-state index in [1.165, 1.54) is 0 Å². The molecule has 3 heterocycles. The Kier molecular flexibility index (Phi) is 2.76. The minimum Gasteiger partial charge on any atom is -0.264 e. The maximum absolute atomic E-state index is 12.9. The van der Waals surface area contributed by atoms with Crippen molar-refractivity contribution in [2.45, 2.75) is 6.92 Å². The number of pyridine rings is 1. The highest BCUT2D eigenvalue weighted by Crippen LogP contribution is 2.26. The summed E-state index contributed by atoms with van der Waals surface area (Å²) in [4.78, 5) is 17.0. The Balaban J connectivity index is 2.05. The first-order chi connectivity index (χ1) is 10.8. The second-order valence-electron chi connectivity index (χ2n) is 5.23. The summed E-state index contributed by atoms with van der Waals surface area (Å²) in [6.07, 6.45) is 3.40. The summed E-state index contributed by atoms with van der Waals surface area (Å²) in [7, 11) is 0. The first-order valence-electron chi connectivity index (χ1n) is 7.13. The van der Waals surface area contributed by atoms with Crippen LogP contribution in [0, 0.1) is 6.92 Å². The van der Waals surface area contributed by atoms with Crippen LogP contribution in [0.15, 0.2) is 67.0 Å². The van der Waals surface area contributed by atoms with E-state index in [0.717, 1.165) is 28.4 Å². The number of fused-ring (bicyclic) bond motifs is 1. The molecule has 2 aromatic heterocycles. The smallest absolute Gasteiger partial charge is 0.264 e. The van der Waals surface area contributed by atoms with Gasteiger partial charge < -0.3 is 0 Å². The van der Waals surface area contributed by atoms with E-state index in [0.29, 0.717) is 0 Å². The van der Waals surface area contributed by atoms with Gasteiger partial charge in [0, 0.05) is 30.1 Å². The standard InChI is InChI=1S/C18H14N3O/c1-13-7-8-16-17(14-5-3-2-4-6-14)21(18(22)20(13)16)15-9-11-19-12-10-15/h2-12H,1H3/q+1. The maximum atomic E-state index is 12.9. The molecule has 4 heteroatoms. The van der Waals surface area contributed by atoms with Crippen molar-refractivity contribution in [3.8, 4) is 0 Å². The van der Waals surface area contributed by atoms with Crippen molar-refractivity contribution in [2.24, 2.45) is 0 Å². The number of hydrogen-bond donors (Lipinski definition) is 0. The second-order valence-corrected chi connectivity index (χ2v) is 5.23. The Morgan fingerprint density at radius 1 is 0.955 bits per heavy atom. The molecule has 0 N–H and O–H groups in total. The number of nitrogens with zero attached hydrogens (tertiary/aromatic N) is 3. The monoisotopic (exact) mass is 288 g/mol. The largest absolute Gasteiger partial charge is 0.509 e. The molecule has 0 bridgehead atoms. The van der Waals surface area contributed by atoms with Crippen LogP contribution in [-0.4, -0.2) is 25.9 Å². The van der Waals surface area contributed by atoms with E-state index in [9.17, 15) is 4.79 Å². The van der Waals surface area contributed by atoms with Gasteiger partial charge in [0.1, 0.15) is 11.4 Å². The number of carbonyl (C=O) groups excluding carboxylic acids is 1. The molecule has 106 valence electrons. The SMILES string of the molecule is Cc1ccc2n1C(=O)[N+](c1ccncc1)=C2c1ccccc1. The van der Waals surface area contributed by atoms with Crippen LogP contribution < -0.4 is 0 Å². The van der Waals surface area contributed by atoms with Gasteiger partial charge in [-0.3, -0.25) is 4.98 Å². The van der Waals surface area contributed by atoms with Crippen molar-refractivity contribution in [1.82, 2.24) is 9.55 Å². The fourth-order valence-corrected chi connectivity index (χ4v) is 2.89. The van der Waals surface area contributed by atoms with Crippen molar-refractivity contribution in [3.05, 3.63) is 83.9 Å². The summed E-state index contributed by atoms with van der Waals surface area (Å²) < 4.78 is 3.50. The lowest BCUT2D eigenvalue weighted by atomic mass is 10.1. The lowest BCUT2D eigenvalue weighted by Gasteiger charge is -2.03. The van der Waals surface area contributed by atoms with Crippen LogP contribution in [-0.2, 0) is 0 Å². The van der Waals surface area contributed by atoms with E-state index in [2.05, 4.69) is 4.98 Å². The first-order valence-corrected chi connectivity index (χ1v) is 7.13. The summed E-state index contributed by atoms with van der Waals surface area (Å²) in [5, 5.41) is 0. The predicted octanol–water partition coefficient (Wildman–Crippen LogP) is 3.35. The predicted molar refractivity (Wildman–Crippen MR) is 83.8 cm³/mol. The van der Waals surface area contributed by atoms with Gasteiger partial charge in [0.15, 0.2) is 11.4 Å². The number of hydrogen-bond acceptors (Lipinski definition) is 2. The molecule has 1 aliphatic heterocycles. The van der Waals surface area contributed by atoms with Crippen LogP contribution in [0.1, 0.15) is 17.0 Å². The summed E-state index contributed by atoms with van der Waals surface area (Å²) in [5.74, 6) is 0. The molecule has 0 saturated heterocycles. The quantitative estimate of drug-likeness (QED) is 0.678. The normalized spacial score (nSPS) is 13.6. The van der Waals surface area contributed by atoms with Crippen LogP contribution in [0.4, 0.5) is 10.5 Å². The molecule has 0 spiro atoms. The Labute approximate surface area is 128 Å². The van der Waals surface area contributed by atoms with Crippen molar-refractivity contribution in [2.75, 3.05) is 0 Å². The van der Waals surface area contributed by atoms with Crippen molar-refractivity contribution in [1.29, 1.82) is 0 Å². The molecule has 3 aromatic rings. The number of amides is 1. The average Bonchev–Trinajstić information content (AvgIpc) is 3.08. The van der Waals surface area contributed by atoms with Gasteiger partial charge in [-0.2, -0.15) is 13.9 Å². The van der Waals surface area contributed by atoms with Crippen LogP contribution >= 0.6 is 0 Å². The molecule has 1 amide bonds. The molecule has 0 atom stereocenters. The molecule has 0 radical (unpaired) electrons. The number of aryl methyl sites for hydroxylation is 1. The van der Waals surface area contributed by atoms with E-state index in [1.807, 2.05) is 61.5 Å². The molecule has 0 aliphatic carbocycles. The van der Waals surface area contributed by atoms with E-state index >= 15 is 0 Å². The topological polar surface area (TPSA) is 37.9 Å². The number of rotatable bonds is 2. The van der Waals surface area contributed by atoms with Gasteiger partial charge in [0.25, 0.3) is 0 Å². The summed E-state index contributed by atoms with van der Waals surface area (Å²) in [5.41, 5.74) is 4.60. The van der Waals surface area contributed by atoms with Gasteiger partial charge in [-0.25, -0.2) is 0 Å². The zero-order valence-electron chi connectivity index (χ0n) is 12.1. The highest BCUT2D eigenvalue weighted by molar-refractivity contribution is 6.15. The lowest BCUT2D eigenvalue weighted by Crippen LogP contribution is -2.19. The van der Waals surface area contributed by atoms with Crippen LogP contribution in [0.3, 0.4) is 0 Å². The molecule has 1 aromatic carbocycles. The average molecular weight is 288 g/mol. The number of aromatic nitrogens is 2. The summed E-state index contributed by atoms with van der Waals surface area (Å²) in [6.45, 7) is 1.94. The van der Waals surface area contributed by atoms with E-state index in [4.69, 9.17) is 0 Å². The maximum Gasteiger partial charge on any atom is 0.509 e. The summed E-state index contributed by atoms with van der Waals surface area (Å²) in [6, 6.07) is 17.6. The van der Waals surface area contributed by atoms with E-state index in [1.54, 1.807) is 21.5 Å². The highest BCUT2D eigenvalue weighted by atomic mass is 16.2. The van der Waals surface area contributed by atoms with Gasteiger partial charge in [-0.05, 0) is 19.1 Å². The minimum absolute atomic E-state index is 0.0532. The molecule has 0 fully saturated rings. The molecule has 4 rings (SSSR count). The fourth-order valence-electron chi connectivity index (χ4n) is 2.89. The van der Waals surface area contributed by atoms with Crippen molar-refractivity contribution >= 4 is 17.4 Å². The molecule has 0 saturated carbocycles. The van der Waals surface area contributed by atoms with Crippen LogP contribution in [0.5, 0.6) is 0 Å².